The van der Waals surface area contributed by atoms with Crippen LogP contribution < -0.4 is 5.32 Å². The SMILES string of the molecule is C#CCCNC(=O)c1c(C)cccc1C. The van der Waals surface area contributed by atoms with Gasteiger partial charge < -0.3 is 5.32 Å². The van der Waals surface area contributed by atoms with Gasteiger partial charge in [0.25, 0.3) is 5.91 Å². The number of benzene rings is 1. The third-order valence-electron chi connectivity index (χ3n) is 2.26. The molecule has 1 amide bonds. The van der Waals surface area contributed by atoms with Gasteiger partial charge in [-0.3, -0.25) is 4.79 Å². The number of terminal acetylenes is 1. The summed E-state index contributed by atoms with van der Waals surface area (Å²) in [7, 11) is 0. The van der Waals surface area contributed by atoms with Crippen LogP contribution in [0, 0.1) is 26.2 Å². The number of rotatable bonds is 3. The summed E-state index contributed by atoms with van der Waals surface area (Å²) in [6.45, 7) is 4.40. The van der Waals surface area contributed by atoms with E-state index in [1.165, 1.54) is 0 Å². The number of aryl methyl sites for hydroxylation is 2. The van der Waals surface area contributed by atoms with E-state index in [2.05, 4.69) is 11.2 Å². The lowest BCUT2D eigenvalue weighted by atomic mass is 10.0. The highest BCUT2D eigenvalue weighted by atomic mass is 16.1. The van der Waals surface area contributed by atoms with Crippen molar-refractivity contribution in [3.8, 4) is 12.3 Å². The fourth-order valence-corrected chi connectivity index (χ4v) is 1.51. The molecule has 0 saturated carbocycles. The van der Waals surface area contributed by atoms with Crippen LogP contribution >= 0.6 is 0 Å². The molecule has 0 aromatic heterocycles. The first-order valence-corrected chi connectivity index (χ1v) is 4.94. The fourth-order valence-electron chi connectivity index (χ4n) is 1.51. The summed E-state index contributed by atoms with van der Waals surface area (Å²) in [5.74, 6) is 2.45. The van der Waals surface area contributed by atoms with E-state index in [1.54, 1.807) is 0 Å². The molecular weight excluding hydrogens is 186 g/mol. The van der Waals surface area contributed by atoms with Crippen molar-refractivity contribution in [2.24, 2.45) is 0 Å². The number of hydrogen-bond acceptors (Lipinski definition) is 1. The van der Waals surface area contributed by atoms with E-state index in [4.69, 9.17) is 6.42 Å². The average Bonchev–Trinajstić information content (AvgIpc) is 2.18. The maximum atomic E-state index is 11.8. The van der Waals surface area contributed by atoms with Gasteiger partial charge in [0.15, 0.2) is 0 Å². The molecule has 0 aliphatic carbocycles. The Morgan fingerprint density at radius 1 is 1.40 bits per heavy atom. The normalized spacial score (nSPS) is 9.40. The lowest BCUT2D eigenvalue weighted by Gasteiger charge is -2.09. The molecule has 1 aromatic rings. The Bertz CT molecular complexity index is 381. The van der Waals surface area contributed by atoms with Crippen molar-refractivity contribution in [1.29, 1.82) is 0 Å². The van der Waals surface area contributed by atoms with E-state index >= 15 is 0 Å². The second-order valence-corrected chi connectivity index (χ2v) is 3.48. The first kappa shape index (κ1) is 11.3. The Balaban J connectivity index is 2.78. The molecule has 0 aliphatic rings. The summed E-state index contributed by atoms with van der Waals surface area (Å²) in [4.78, 5) is 11.8. The molecule has 0 spiro atoms. The highest BCUT2D eigenvalue weighted by Gasteiger charge is 2.10. The molecule has 0 fully saturated rings. The Morgan fingerprint density at radius 2 is 2.00 bits per heavy atom. The molecule has 15 heavy (non-hydrogen) atoms. The monoisotopic (exact) mass is 201 g/mol. The topological polar surface area (TPSA) is 29.1 Å². The number of carbonyl (C=O) groups excluding carboxylic acids is 1. The van der Waals surface area contributed by atoms with Crippen molar-refractivity contribution in [2.75, 3.05) is 6.54 Å². The minimum Gasteiger partial charge on any atom is -0.351 e. The molecule has 1 rings (SSSR count). The van der Waals surface area contributed by atoms with Crippen LogP contribution in [0.1, 0.15) is 27.9 Å². The highest BCUT2D eigenvalue weighted by molar-refractivity contribution is 5.97. The van der Waals surface area contributed by atoms with E-state index in [-0.39, 0.29) is 5.91 Å². The van der Waals surface area contributed by atoms with Gasteiger partial charge in [0, 0.05) is 18.5 Å². The van der Waals surface area contributed by atoms with Crippen molar-refractivity contribution in [3.63, 3.8) is 0 Å². The number of nitrogens with one attached hydrogen (secondary N) is 1. The van der Waals surface area contributed by atoms with Gasteiger partial charge in [-0.25, -0.2) is 0 Å². The minimum atomic E-state index is -0.0409. The van der Waals surface area contributed by atoms with Gasteiger partial charge >= 0.3 is 0 Å². The number of hydrogen-bond donors (Lipinski definition) is 1. The summed E-state index contributed by atoms with van der Waals surface area (Å²) >= 11 is 0. The summed E-state index contributed by atoms with van der Waals surface area (Å²) in [5, 5.41) is 2.80. The summed E-state index contributed by atoms with van der Waals surface area (Å²) in [6.07, 6.45) is 5.68. The lowest BCUT2D eigenvalue weighted by molar-refractivity contribution is 0.0953. The predicted octanol–water partition coefficient (Wildman–Crippen LogP) is 2.06. The molecule has 2 heteroatoms. The smallest absolute Gasteiger partial charge is 0.251 e. The van der Waals surface area contributed by atoms with Gasteiger partial charge in [-0.05, 0) is 25.0 Å². The molecule has 0 heterocycles. The highest BCUT2D eigenvalue weighted by Crippen LogP contribution is 2.12. The zero-order valence-electron chi connectivity index (χ0n) is 9.13. The largest absolute Gasteiger partial charge is 0.351 e. The molecule has 0 radical (unpaired) electrons. The Morgan fingerprint density at radius 3 is 2.53 bits per heavy atom. The van der Waals surface area contributed by atoms with Crippen LogP contribution in [0.3, 0.4) is 0 Å². The Labute approximate surface area is 90.7 Å². The number of amides is 1. The van der Waals surface area contributed by atoms with Crippen LogP contribution in [0.4, 0.5) is 0 Å². The van der Waals surface area contributed by atoms with Gasteiger partial charge in [-0.2, -0.15) is 0 Å². The minimum absolute atomic E-state index is 0.0409. The quantitative estimate of drug-likeness (QED) is 0.588. The van der Waals surface area contributed by atoms with Crippen LogP contribution in [0.25, 0.3) is 0 Å². The third kappa shape index (κ3) is 2.85. The zero-order chi connectivity index (χ0) is 11.3. The van der Waals surface area contributed by atoms with E-state index in [0.717, 1.165) is 16.7 Å². The number of carbonyl (C=O) groups is 1. The summed E-state index contributed by atoms with van der Waals surface area (Å²) < 4.78 is 0. The molecular formula is C13H15NO. The second kappa shape index (κ2) is 5.21. The molecule has 0 atom stereocenters. The standard InChI is InChI=1S/C13H15NO/c1-4-5-9-14-13(15)12-10(2)7-6-8-11(12)3/h1,6-8H,5,9H2,2-3H3,(H,14,15). The maximum absolute atomic E-state index is 11.8. The Hall–Kier alpha value is -1.75. The van der Waals surface area contributed by atoms with Crippen molar-refractivity contribution in [2.45, 2.75) is 20.3 Å². The van der Waals surface area contributed by atoms with Crippen LogP contribution in [-0.4, -0.2) is 12.5 Å². The van der Waals surface area contributed by atoms with E-state index < -0.39 is 0 Å². The van der Waals surface area contributed by atoms with Crippen molar-refractivity contribution in [1.82, 2.24) is 5.32 Å². The van der Waals surface area contributed by atoms with E-state index in [9.17, 15) is 4.79 Å². The van der Waals surface area contributed by atoms with Crippen molar-refractivity contribution < 1.29 is 4.79 Å². The third-order valence-corrected chi connectivity index (χ3v) is 2.26. The van der Waals surface area contributed by atoms with E-state index in [0.29, 0.717) is 13.0 Å². The Kier molecular flexibility index (Phi) is 3.93. The molecule has 0 bridgehead atoms. The first-order valence-electron chi connectivity index (χ1n) is 4.94. The van der Waals surface area contributed by atoms with Gasteiger partial charge in [0.2, 0.25) is 0 Å². The molecule has 1 aromatic carbocycles. The lowest BCUT2D eigenvalue weighted by Crippen LogP contribution is -2.25. The average molecular weight is 201 g/mol. The van der Waals surface area contributed by atoms with Gasteiger partial charge in [0.1, 0.15) is 0 Å². The van der Waals surface area contributed by atoms with Gasteiger partial charge in [-0.15, -0.1) is 12.3 Å². The van der Waals surface area contributed by atoms with Crippen molar-refractivity contribution >= 4 is 5.91 Å². The van der Waals surface area contributed by atoms with Gasteiger partial charge in [-0.1, -0.05) is 18.2 Å². The predicted molar refractivity (Wildman–Crippen MR) is 61.7 cm³/mol. The van der Waals surface area contributed by atoms with Crippen LogP contribution in [0.2, 0.25) is 0 Å². The van der Waals surface area contributed by atoms with Crippen LogP contribution in [0.15, 0.2) is 18.2 Å². The summed E-state index contributed by atoms with van der Waals surface area (Å²) in [5.41, 5.74) is 2.75. The van der Waals surface area contributed by atoms with E-state index in [1.807, 2.05) is 32.0 Å². The molecule has 1 N–H and O–H groups in total. The van der Waals surface area contributed by atoms with Crippen LogP contribution in [-0.2, 0) is 0 Å². The molecule has 0 saturated heterocycles. The molecule has 0 aliphatic heterocycles. The summed E-state index contributed by atoms with van der Waals surface area (Å²) in [6, 6.07) is 5.81. The first-order chi connectivity index (χ1) is 7.16. The van der Waals surface area contributed by atoms with Crippen molar-refractivity contribution in [3.05, 3.63) is 34.9 Å². The van der Waals surface area contributed by atoms with Gasteiger partial charge in [0.05, 0.1) is 0 Å². The second-order valence-electron chi connectivity index (χ2n) is 3.48. The molecule has 0 unspecified atom stereocenters. The zero-order valence-corrected chi connectivity index (χ0v) is 9.13. The van der Waals surface area contributed by atoms with Crippen LogP contribution in [0.5, 0.6) is 0 Å². The maximum Gasteiger partial charge on any atom is 0.251 e. The fraction of sp³-hybridized carbons (Fsp3) is 0.308. The molecule has 78 valence electrons. The molecule has 2 nitrogen and oxygen atoms in total.